The summed E-state index contributed by atoms with van der Waals surface area (Å²) in [4.78, 5) is 36.8. The molecule has 1 aliphatic rings. The predicted octanol–water partition coefficient (Wildman–Crippen LogP) is 7.13. The number of carbonyl (C=O) groups excluding carboxylic acids is 3. The van der Waals surface area contributed by atoms with Crippen molar-refractivity contribution in [1.82, 2.24) is 5.32 Å². The molecular formula is C36H55NO5S. The second-order valence-corrected chi connectivity index (χ2v) is 14.3. The van der Waals surface area contributed by atoms with Crippen molar-refractivity contribution >= 4 is 30.3 Å². The molecule has 43 heavy (non-hydrogen) atoms. The molecular weight excluding hydrogens is 558 g/mol. The van der Waals surface area contributed by atoms with Gasteiger partial charge in [-0.05, 0) is 65.4 Å². The molecule has 0 aromatic rings. The van der Waals surface area contributed by atoms with E-state index in [1.165, 1.54) is 6.08 Å². The van der Waals surface area contributed by atoms with Gasteiger partial charge in [0.1, 0.15) is 11.9 Å². The molecule has 0 aromatic heterocycles. The Morgan fingerprint density at radius 2 is 1.72 bits per heavy atom. The number of cyclic esters (lactones) is 1. The number of hydrogen-bond donors (Lipinski definition) is 3. The summed E-state index contributed by atoms with van der Waals surface area (Å²) < 4.78 is 5.07. The minimum Gasteiger partial charge on any atom is -0.454 e. The zero-order valence-electron chi connectivity index (χ0n) is 27.9. The van der Waals surface area contributed by atoms with Gasteiger partial charge in [0.05, 0.1) is 6.10 Å². The molecule has 0 aromatic carbocycles. The number of aliphatic hydroxyl groups is 1. The zero-order valence-corrected chi connectivity index (χ0v) is 28.8. The van der Waals surface area contributed by atoms with Gasteiger partial charge in [-0.3, -0.25) is 9.59 Å². The molecule has 0 bridgehead atoms. The molecule has 1 amide bonds. The highest BCUT2D eigenvalue weighted by atomic mass is 32.1. The third-order valence-electron chi connectivity index (χ3n) is 7.51. The average molecular weight is 614 g/mol. The minimum absolute atomic E-state index is 0.00495. The number of nitrogens with one attached hydrogen (secondary N) is 1. The number of hydrogen-bond acceptors (Lipinski definition) is 6. The van der Waals surface area contributed by atoms with Crippen LogP contribution in [0.1, 0.15) is 82.1 Å². The van der Waals surface area contributed by atoms with Crippen LogP contribution in [0, 0.1) is 29.6 Å². The third kappa shape index (κ3) is 15.6. The number of ether oxygens (including phenoxy) is 1. The van der Waals surface area contributed by atoms with Crippen molar-refractivity contribution in [3.8, 4) is 0 Å². The lowest BCUT2D eigenvalue weighted by Crippen LogP contribution is -2.34. The van der Waals surface area contributed by atoms with Crippen LogP contribution in [-0.2, 0) is 19.1 Å². The summed E-state index contributed by atoms with van der Waals surface area (Å²) in [6.07, 6.45) is 17.4. The highest BCUT2D eigenvalue weighted by molar-refractivity contribution is 7.81. The number of esters is 1. The first-order valence-corrected chi connectivity index (χ1v) is 15.8. The lowest BCUT2D eigenvalue weighted by Gasteiger charge is -2.26. The third-order valence-corrected chi connectivity index (χ3v) is 7.67. The van der Waals surface area contributed by atoms with Crippen LogP contribution in [0.3, 0.4) is 0 Å². The molecule has 3 unspecified atom stereocenters. The van der Waals surface area contributed by atoms with E-state index in [1.807, 2.05) is 85.8 Å². The fourth-order valence-corrected chi connectivity index (χ4v) is 5.08. The van der Waals surface area contributed by atoms with Crippen LogP contribution >= 0.6 is 12.6 Å². The molecule has 6 nitrogen and oxygen atoms in total. The minimum atomic E-state index is -0.809. The summed E-state index contributed by atoms with van der Waals surface area (Å²) in [5.41, 5.74) is 2.96. The summed E-state index contributed by atoms with van der Waals surface area (Å²) in [5.74, 6) is -1.05. The van der Waals surface area contributed by atoms with Crippen molar-refractivity contribution in [2.45, 2.75) is 99.0 Å². The van der Waals surface area contributed by atoms with Gasteiger partial charge in [0.2, 0.25) is 5.91 Å². The van der Waals surface area contributed by atoms with Gasteiger partial charge in [0.15, 0.2) is 0 Å². The summed E-state index contributed by atoms with van der Waals surface area (Å²) in [6.45, 7) is 19.9. The van der Waals surface area contributed by atoms with Crippen LogP contribution < -0.4 is 5.32 Å². The molecule has 1 heterocycles. The van der Waals surface area contributed by atoms with Crippen LogP contribution in [-0.4, -0.2) is 46.3 Å². The largest absolute Gasteiger partial charge is 0.454 e. The van der Waals surface area contributed by atoms with Crippen LogP contribution in [0.15, 0.2) is 71.4 Å². The lowest BCUT2D eigenvalue weighted by atomic mass is 9.83. The van der Waals surface area contributed by atoms with Crippen LogP contribution in [0.25, 0.3) is 0 Å². The number of Topliss-reactive ketones (excluding diaryl/α,β-unsaturated/α-hetero) is 1. The summed E-state index contributed by atoms with van der Waals surface area (Å²) in [5, 5.41) is 13.8. The van der Waals surface area contributed by atoms with E-state index < -0.39 is 12.0 Å². The molecule has 0 aliphatic carbocycles. The van der Waals surface area contributed by atoms with E-state index >= 15 is 0 Å². The first kappa shape index (κ1) is 38.4. The van der Waals surface area contributed by atoms with E-state index in [4.69, 9.17) is 4.74 Å². The molecule has 0 spiro atoms. The maximum absolute atomic E-state index is 13.1. The number of thiol groups is 1. The van der Waals surface area contributed by atoms with E-state index in [-0.39, 0.29) is 46.3 Å². The van der Waals surface area contributed by atoms with E-state index in [0.29, 0.717) is 18.9 Å². The van der Waals surface area contributed by atoms with E-state index in [9.17, 15) is 19.5 Å². The van der Waals surface area contributed by atoms with Crippen LogP contribution in [0.5, 0.6) is 0 Å². The second kappa shape index (κ2) is 18.2. The first-order valence-electron chi connectivity index (χ1n) is 15.4. The van der Waals surface area contributed by atoms with Crippen molar-refractivity contribution in [2.75, 3.05) is 6.54 Å². The van der Waals surface area contributed by atoms with Gasteiger partial charge < -0.3 is 15.2 Å². The lowest BCUT2D eigenvalue weighted by molar-refractivity contribution is -0.143. The Labute approximate surface area is 265 Å². The molecule has 0 saturated carbocycles. The standard InChI is InChI=1S/C36H55NO5S/c1-23(18-25(3)14-16-31-27(5)15-17-33(39)42-31)12-11-13-24(2)19-28(6)34(40)30(8)35(41)29(7)20-26(4)21-32(38)37-22-36(9,10)43/h11,13-19,21,23,27-31,35,41,43H,12,20,22H2,1-10H3,(H,37,38)/b13-11+,16-14+,24-19+,25-18-,26-21+/t23?,27-,28+,29?,30+,31-,35?/m0/s1. The molecule has 240 valence electrons. The van der Waals surface area contributed by atoms with Gasteiger partial charge >= 0.3 is 5.97 Å². The Morgan fingerprint density at radius 3 is 2.35 bits per heavy atom. The maximum atomic E-state index is 13.1. The Kier molecular flexibility index (Phi) is 16.3. The maximum Gasteiger partial charge on any atom is 0.331 e. The SMILES string of the molecule is CC(=C/C(C)C/C=C/C(C)=C/[C@@H](C)C(=O)[C@@H](C)C(O)C(C)C/C(C)=C/C(=O)NCC(C)(C)S)/C=C/[C@@H]1OC(=O)C=C[C@@H]1C. The van der Waals surface area contributed by atoms with Crippen molar-refractivity contribution in [3.05, 3.63) is 71.4 Å². The van der Waals surface area contributed by atoms with Gasteiger partial charge in [0.25, 0.3) is 0 Å². The highest BCUT2D eigenvalue weighted by Crippen LogP contribution is 2.24. The number of allylic oxidation sites excluding steroid dienone is 8. The van der Waals surface area contributed by atoms with Gasteiger partial charge in [0, 0.05) is 41.2 Å². The Morgan fingerprint density at radius 1 is 1.09 bits per heavy atom. The fraction of sp³-hybridized carbons (Fsp3) is 0.583. The van der Waals surface area contributed by atoms with Crippen molar-refractivity contribution in [3.63, 3.8) is 0 Å². The highest BCUT2D eigenvalue weighted by Gasteiger charge is 2.29. The van der Waals surface area contributed by atoms with Gasteiger partial charge in [-0.25, -0.2) is 4.79 Å². The number of amides is 1. The Bertz CT molecular complexity index is 1140. The summed E-state index contributed by atoms with van der Waals surface area (Å²) >= 11 is 4.42. The summed E-state index contributed by atoms with van der Waals surface area (Å²) in [6, 6.07) is 0. The molecule has 0 fully saturated rings. The van der Waals surface area contributed by atoms with Crippen molar-refractivity contribution < 1.29 is 24.2 Å². The molecule has 1 aliphatic heterocycles. The van der Waals surface area contributed by atoms with Crippen LogP contribution in [0.2, 0.25) is 0 Å². The molecule has 0 radical (unpaired) electrons. The van der Waals surface area contributed by atoms with Crippen molar-refractivity contribution in [1.29, 1.82) is 0 Å². The molecule has 2 N–H and O–H groups in total. The van der Waals surface area contributed by atoms with Gasteiger partial charge in [-0.1, -0.05) is 87.8 Å². The number of rotatable bonds is 16. The normalized spacial score (nSPS) is 22.3. The fourth-order valence-electron chi connectivity index (χ4n) is 5.00. The predicted molar refractivity (Wildman–Crippen MR) is 181 cm³/mol. The van der Waals surface area contributed by atoms with E-state index in [0.717, 1.165) is 23.1 Å². The zero-order chi connectivity index (χ0) is 32.9. The van der Waals surface area contributed by atoms with E-state index in [1.54, 1.807) is 13.0 Å². The number of ketones is 1. The topological polar surface area (TPSA) is 92.7 Å². The number of aliphatic hydroxyl groups excluding tert-OH is 1. The quantitative estimate of drug-likeness (QED) is 0.0745. The molecule has 7 heteroatoms. The first-order chi connectivity index (χ1) is 19.9. The van der Waals surface area contributed by atoms with Crippen molar-refractivity contribution in [2.24, 2.45) is 29.6 Å². The summed E-state index contributed by atoms with van der Waals surface area (Å²) in [7, 11) is 0. The smallest absolute Gasteiger partial charge is 0.331 e. The van der Waals surface area contributed by atoms with E-state index in [2.05, 4.69) is 37.0 Å². The Hall–Kier alpha value is -2.64. The van der Waals surface area contributed by atoms with Crippen LogP contribution in [0.4, 0.5) is 0 Å². The number of carbonyl (C=O) groups is 3. The Balaban J connectivity index is 2.63. The molecule has 0 saturated heterocycles. The molecule has 1 rings (SSSR count). The second-order valence-electron chi connectivity index (χ2n) is 13.1. The van der Waals surface area contributed by atoms with Gasteiger partial charge in [-0.15, -0.1) is 0 Å². The molecule has 7 atom stereocenters. The van der Waals surface area contributed by atoms with Gasteiger partial charge in [-0.2, -0.15) is 12.6 Å². The average Bonchev–Trinajstić information content (AvgIpc) is 2.90. The monoisotopic (exact) mass is 613 g/mol.